The minimum Gasteiger partial charge on any atom is -0.369 e. The van der Waals surface area contributed by atoms with E-state index in [1.165, 1.54) is 18.2 Å². The molecule has 0 unspecified atom stereocenters. The van der Waals surface area contributed by atoms with Gasteiger partial charge in [0.1, 0.15) is 11.6 Å². The average molecular weight is 573 g/mol. The predicted molar refractivity (Wildman–Crippen MR) is 156 cm³/mol. The topological polar surface area (TPSA) is 125 Å². The minimum absolute atomic E-state index is 0.108. The summed E-state index contributed by atoms with van der Waals surface area (Å²) in [5.74, 6) is -0.0616. The highest BCUT2D eigenvalue weighted by atomic mass is 32.2. The molecule has 0 spiro atoms. The molecule has 4 bridgehead atoms. The Bertz CT molecular complexity index is 1740. The Morgan fingerprint density at radius 2 is 1.83 bits per heavy atom. The molecule has 1 fully saturated rings. The van der Waals surface area contributed by atoms with Crippen LogP contribution in [-0.2, 0) is 20.2 Å². The lowest BCUT2D eigenvalue weighted by molar-refractivity contribution is -0.118. The lowest BCUT2D eigenvalue weighted by Crippen LogP contribution is -2.28. The van der Waals surface area contributed by atoms with Gasteiger partial charge in [0.25, 0.3) is 0 Å². The number of carbonyl (C=O) groups excluding carboxylic acids is 1. The summed E-state index contributed by atoms with van der Waals surface area (Å²) in [6.45, 7) is 2.64. The van der Waals surface area contributed by atoms with E-state index in [9.17, 15) is 13.2 Å². The summed E-state index contributed by atoms with van der Waals surface area (Å²) in [6, 6.07) is 18.9. The molecule has 4 aromatic rings. The number of aryl methyl sites for hydroxylation is 1. The number of halogens is 1. The summed E-state index contributed by atoms with van der Waals surface area (Å²) in [7, 11) is -3.66. The third-order valence-corrected chi connectivity index (χ3v) is 8.90. The number of sulfonamides is 1. The number of rotatable bonds is 4. The van der Waals surface area contributed by atoms with Gasteiger partial charge in [0.05, 0.1) is 16.0 Å². The van der Waals surface area contributed by atoms with Crippen molar-refractivity contribution in [2.45, 2.75) is 36.5 Å². The van der Waals surface area contributed by atoms with E-state index >= 15 is 4.39 Å². The first-order valence-corrected chi connectivity index (χ1v) is 14.9. The highest BCUT2D eigenvalue weighted by Crippen LogP contribution is 2.49. The molecule has 0 saturated heterocycles. The molecule has 1 aliphatic carbocycles. The Morgan fingerprint density at radius 1 is 1.02 bits per heavy atom. The predicted octanol–water partition coefficient (Wildman–Crippen LogP) is 5.10. The average Bonchev–Trinajstić information content (AvgIpc) is 3.76. The van der Waals surface area contributed by atoms with Gasteiger partial charge in [0.2, 0.25) is 21.9 Å². The summed E-state index contributed by atoms with van der Waals surface area (Å²) >= 11 is 0. The standard InChI is InChI=1S/C30H29FN6O3S/c1-19-6-9-21(10-7-19)30(12-13-30)28(38)36-26-11-8-20(16-25(26)31)24-18-33-29-35-22-4-2-5-23(17-22)41(39,40)34-15-3-14-32-27(24)37-29/h2,4-11,16-18,34H,3,12-15H2,1H3,(H,36,38)(H2,32,33,35,37). The van der Waals surface area contributed by atoms with Crippen molar-refractivity contribution in [3.05, 3.63) is 89.9 Å². The third kappa shape index (κ3) is 5.50. The van der Waals surface area contributed by atoms with Crippen LogP contribution in [0.15, 0.2) is 77.8 Å². The smallest absolute Gasteiger partial charge is 0.240 e. The fourth-order valence-electron chi connectivity index (χ4n) is 4.91. The number of benzene rings is 3. The number of hydrogen-bond donors (Lipinski definition) is 4. The SMILES string of the molecule is Cc1ccc(C2(C(=O)Nc3ccc(-c4cnc5nc4NCCCNS(=O)(=O)c4cccc(c4)N5)cc3F)CC2)cc1. The van der Waals surface area contributed by atoms with Gasteiger partial charge in [-0.25, -0.2) is 22.5 Å². The van der Waals surface area contributed by atoms with Crippen LogP contribution in [0.2, 0.25) is 0 Å². The van der Waals surface area contributed by atoms with Crippen LogP contribution < -0.4 is 20.7 Å². The molecule has 11 heteroatoms. The Labute approximate surface area is 237 Å². The number of hydrogen-bond acceptors (Lipinski definition) is 7. The van der Waals surface area contributed by atoms with Crippen molar-refractivity contribution in [1.29, 1.82) is 0 Å². The highest BCUT2D eigenvalue weighted by Gasteiger charge is 2.51. The Morgan fingerprint density at radius 3 is 2.59 bits per heavy atom. The summed E-state index contributed by atoms with van der Waals surface area (Å²) in [4.78, 5) is 22.3. The number of carbonyl (C=O) groups is 1. The van der Waals surface area contributed by atoms with Crippen LogP contribution in [0.25, 0.3) is 11.1 Å². The molecule has 0 radical (unpaired) electrons. The Kier molecular flexibility index (Phi) is 6.92. The maximum absolute atomic E-state index is 15.3. The summed E-state index contributed by atoms with van der Waals surface area (Å²) < 4.78 is 43.2. The number of amides is 1. The van der Waals surface area contributed by atoms with Crippen LogP contribution in [0.4, 0.5) is 27.5 Å². The number of anilines is 4. The van der Waals surface area contributed by atoms with Crippen LogP contribution in [0, 0.1) is 12.7 Å². The zero-order valence-corrected chi connectivity index (χ0v) is 23.2. The summed E-state index contributed by atoms with van der Waals surface area (Å²) in [5, 5.41) is 9.05. The second-order valence-electron chi connectivity index (χ2n) is 10.4. The van der Waals surface area contributed by atoms with Crippen LogP contribution in [0.1, 0.15) is 30.4 Å². The molecule has 6 rings (SSSR count). The normalized spacial score (nSPS) is 17.0. The van der Waals surface area contributed by atoms with E-state index < -0.39 is 21.3 Å². The zero-order chi connectivity index (χ0) is 28.6. The molecular weight excluding hydrogens is 543 g/mol. The Balaban J connectivity index is 1.25. The van der Waals surface area contributed by atoms with Gasteiger partial charge in [-0.1, -0.05) is 42.0 Å². The molecule has 4 N–H and O–H groups in total. The molecule has 1 aromatic heterocycles. The van der Waals surface area contributed by atoms with Crippen LogP contribution in [0.5, 0.6) is 0 Å². The first-order valence-electron chi connectivity index (χ1n) is 13.4. The van der Waals surface area contributed by atoms with Crippen molar-refractivity contribution >= 4 is 39.1 Å². The summed E-state index contributed by atoms with van der Waals surface area (Å²) in [5.41, 5.74) is 3.14. The molecule has 0 atom stereocenters. The van der Waals surface area contributed by atoms with Crippen molar-refractivity contribution in [2.75, 3.05) is 29.0 Å². The number of nitrogens with one attached hydrogen (secondary N) is 4. The van der Waals surface area contributed by atoms with Crippen molar-refractivity contribution in [3.8, 4) is 11.1 Å². The lowest BCUT2D eigenvalue weighted by Gasteiger charge is -2.17. The van der Waals surface area contributed by atoms with E-state index in [1.54, 1.807) is 30.5 Å². The van der Waals surface area contributed by atoms with Crippen LogP contribution >= 0.6 is 0 Å². The number of nitrogens with zero attached hydrogens (tertiary/aromatic N) is 2. The molecule has 41 heavy (non-hydrogen) atoms. The second kappa shape index (κ2) is 10.6. The summed E-state index contributed by atoms with van der Waals surface area (Å²) in [6.07, 6.45) is 3.52. The van der Waals surface area contributed by atoms with E-state index in [0.29, 0.717) is 35.6 Å². The van der Waals surface area contributed by atoms with Gasteiger partial charge in [-0.2, -0.15) is 4.98 Å². The van der Waals surface area contributed by atoms with Gasteiger partial charge >= 0.3 is 0 Å². The van der Waals surface area contributed by atoms with E-state index in [0.717, 1.165) is 24.0 Å². The maximum Gasteiger partial charge on any atom is 0.240 e. The van der Waals surface area contributed by atoms with E-state index in [2.05, 4.69) is 30.6 Å². The fourth-order valence-corrected chi connectivity index (χ4v) is 6.03. The number of aromatic nitrogens is 2. The Hall–Kier alpha value is -4.35. The van der Waals surface area contributed by atoms with Gasteiger partial charge in [-0.05, 0) is 67.6 Å². The van der Waals surface area contributed by atoms with Gasteiger partial charge in [-0.3, -0.25) is 4.79 Å². The van der Waals surface area contributed by atoms with Crippen molar-refractivity contribution < 1.29 is 17.6 Å². The monoisotopic (exact) mass is 572 g/mol. The van der Waals surface area contributed by atoms with Crippen molar-refractivity contribution in [2.24, 2.45) is 0 Å². The molecule has 2 heterocycles. The first-order chi connectivity index (χ1) is 19.7. The molecular formula is C30H29FN6O3S. The molecule has 1 amide bonds. The van der Waals surface area contributed by atoms with Gasteiger partial charge in [-0.15, -0.1) is 0 Å². The number of fused-ring (bicyclic) bond motifs is 4. The van der Waals surface area contributed by atoms with Crippen molar-refractivity contribution in [1.82, 2.24) is 14.7 Å². The lowest BCUT2D eigenvalue weighted by atomic mass is 9.94. The van der Waals surface area contributed by atoms with Gasteiger partial charge in [0, 0.05) is 30.5 Å². The molecule has 3 aromatic carbocycles. The maximum atomic E-state index is 15.3. The van der Waals surface area contributed by atoms with Gasteiger partial charge < -0.3 is 16.0 Å². The third-order valence-electron chi connectivity index (χ3n) is 7.44. The van der Waals surface area contributed by atoms with Crippen LogP contribution in [0.3, 0.4) is 0 Å². The zero-order valence-electron chi connectivity index (χ0n) is 22.4. The largest absolute Gasteiger partial charge is 0.369 e. The highest BCUT2D eigenvalue weighted by molar-refractivity contribution is 7.89. The second-order valence-corrected chi connectivity index (χ2v) is 12.2. The molecule has 1 saturated carbocycles. The molecule has 2 aliphatic rings. The molecule has 1 aliphatic heterocycles. The fraction of sp³-hybridized carbons (Fsp3) is 0.233. The molecule has 9 nitrogen and oxygen atoms in total. The van der Waals surface area contributed by atoms with Crippen molar-refractivity contribution in [3.63, 3.8) is 0 Å². The minimum atomic E-state index is -3.66. The van der Waals surface area contributed by atoms with E-state index in [4.69, 9.17) is 0 Å². The van der Waals surface area contributed by atoms with Crippen LogP contribution in [-0.4, -0.2) is 37.4 Å². The van der Waals surface area contributed by atoms with Gasteiger partial charge in [0.15, 0.2) is 0 Å². The first kappa shape index (κ1) is 26.9. The quantitative estimate of drug-likeness (QED) is 0.268. The van der Waals surface area contributed by atoms with E-state index in [-0.39, 0.29) is 29.0 Å². The van der Waals surface area contributed by atoms with E-state index in [1.807, 2.05) is 31.2 Å². The molecule has 210 valence electrons.